The van der Waals surface area contributed by atoms with Gasteiger partial charge in [-0.15, -0.1) is 0 Å². The van der Waals surface area contributed by atoms with E-state index in [0.717, 1.165) is 39.3 Å². The number of hydrogen-bond donors (Lipinski definition) is 0. The molecule has 4 aromatic carbocycles. The molecular formula is C21H14O2. The summed E-state index contributed by atoms with van der Waals surface area (Å²) in [5, 5.41) is 4.52. The van der Waals surface area contributed by atoms with Gasteiger partial charge in [0, 0.05) is 10.8 Å². The molecule has 0 aliphatic carbocycles. The summed E-state index contributed by atoms with van der Waals surface area (Å²) in [5.74, 6) is 3.15. The number of hydrogen-bond acceptors (Lipinski definition) is 2. The molecule has 0 atom stereocenters. The molecule has 0 amide bonds. The zero-order valence-electron chi connectivity index (χ0n) is 12.7. The Balaban J connectivity index is 1.91. The van der Waals surface area contributed by atoms with Gasteiger partial charge in [0.05, 0.1) is 0 Å². The molecule has 1 heterocycles. The van der Waals surface area contributed by atoms with Crippen LogP contribution < -0.4 is 9.47 Å². The standard InChI is InChI=1S/C21H14O2/c1-13-10-11-18-19(12-13)23-21-17-9-5-3-7-15(17)14-6-2-4-8-16(14)20(21)22-18/h2-12H,1H3. The first-order chi connectivity index (χ1) is 11.3. The first kappa shape index (κ1) is 12.5. The quantitative estimate of drug-likeness (QED) is 0.317. The number of ether oxygens (including phenoxy) is 2. The molecule has 110 valence electrons. The average molecular weight is 298 g/mol. The third-order valence-electron chi connectivity index (χ3n) is 4.36. The highest BCUT2D eigenvalue weighted by molar-refractivity contribution is 6.14. The molecule has 23 heavy (non-hydrogen) atoms. The fourth-order valence-corrected chi connectivity index (χ4v) is 3.28. The highest BCUT2D eigenvalue weighted by Crippen LogP contribution is 2.52. The summed E-state index contributed by atoms with van der Waals surface area (Å²) in [5.41, 5.74) is 1.15. The van der Waals surface area contributed by atoms with E-state index in [1.165, 1.54) is 10.8 Å². The molecule has 0 unspecified atom stereocenters. The van der Waals surface area contributed by atoms with Gasteiger partial charge in [-0.1, -0.05) is 54.6 Å². The summed E-state index contributed by atoms with van der Waals surface area (Å²) in [6.45, 7) is 2.05. The Morgan fingerprint density at radius 3 is 1.70 bits per heavy atom. The second-order valence-electron chi connectivity index (χ2n) is 5.90. The lowest BCUT2D eigenvalue weighted by molar-refractivity contribution is 0.366. The number of aryl methyl sites for hydroxylation is 1. The predicted molar refractivity (Wildman–Crippen MR) is 92.8 cm³/mol. The molecule has 0 fully saturated rings. The summed E-state index contributed by atoms with van der Waals surface area (Å²) in [6, 6.07) is 22.6. The van der Waals surface area contributed by atoms with Crippen LogP contribution in [-0.2, 0) is 0 Å². The van der Waals surface area contributed by atoms with Crippen molar-refractivity contribution in [3.8, 4) is 23.0 Å². The summed E-state index contributed by atoms with van der Waals surface area (Å²) in [4.78, 5) is 0. The van der Waals surface area contributed by atoms with Crippen molar-refractivity contribution in [1.82, 2.24) is 0 Å². The molecule has 0 radical (unpaired) electrons. The van der Waals surface area contributed by atoms with Gasteiger partial charge in [0.1, 0.15) is 0 Å². The van der Waals surface area contributed by atoms with Gasteiger partial charge in [-0.3, -0.25) is 0 Å². The largest absolute Gasteiger partial charge is 0.449 e. The molecule has 4 aromatic rings. The van der Waals surface area contributed by atoms with Gasteiger partial charge >= 0.3 is 0 Å². The lowest BCUT2D eigenvalue weighted by Crippen LogP contribution is -2.01. The molecule has 1 aliphatic rings. The second kappa shape index (κ2) is 4.50. The summed E-state index contributed by atoms with van der Waals surface area (Å²) in [7, 11) is 0. The van der Waals surface area contributed by atoms with E-state index in [2.05, 4.69) is 43.3 Å². The zero-order valence-corrected chi connectivity index (χ0v) is 12.7. The van der Waals surface area contributed by atoms with E-state index in [-0.39, 0.29) is 0 Å². The maximum atomic E-state index is 6.25. The smallest absolute Gasteiger partial charge is 0.178 e. The Morgan fingerprint density at radius 2 is 1.09 bits per heavy atom. The summed E-state index contributed by atoms with van der Waals surface area (Å²) >= 11 is 0. The van der Waals surface area contributed by atoms with Crippen LogP contribution in [0.5, 0.6) is 23.0 Å². The van der Waals surface area contributed by atoms with Gasteiger partial charge < -0.3 is 9.47 Å². The van der Waals surface area contributed by atoms with Crippen molar-refractivity contribution in [3.63, 3.8) is 0 Å². The minimum absolute atomic E-state index is 0.767. The van der Waals surface area contributed by atoms with Crippen LogP contribution in [0.4, 0.5) is 0 Å². The van der Waals surface area contributed by atoms with E-state index in [1.54, 1.807) is 0 Å². The van der Waals surface area contributed by atoms with Crippen LogP contribution >= 0.6 is 0 Å². The average Bonchev–Trinajstić information content (AvgIpc) is 2.60. The fraction of sp³-hybridized carbons (Fsp3) is 0.0476. The van der Waals surface area contributed by atoms with Crippen molar-refractivity contribution in [2.24, 2.45) is 0 Å². The Bertz CT molecular complexity index is 1080. The Kier molecular flexibility index (Phi) is 2.45. The minimum Gasteiger partial charge on any atom is -0.449 e. The Morgan fingerprint density at radius 1 is 0.565 bits per heavy atom. The lowest BCUT2D eigenvalue weighted by atomic mass is 9.99. The van der Waals surface area contributed by atoms with Gasteiger partial charge in [-0.05, 0) is 35.4 Å². The second-order valence-corrected chi connectivity index (χ2v) is 5.90. The summed E-state index contributed by atoms with van der Waals surface area (Å²) in [6.07, 6.45) is 0. The maximum absolute atomic E-state index is 6.25. The first-order valence-corrected chi connectivity index (χ1v) is 7.71. The molecule has 0 bridgehead atoms. The van der Waals surface area contributed by atoms with Gasteiger partial charge in [-0.2, -0.15) is 0 Å². The number of fused-ring (bicyclic) bond motifs is 7. The van der Waals surface area contributed by atoms with Gasteiger partial charge in [-0.25, -0.2) is 0 Å². The van der Waals surface area contributed by atoms with E-state index in [9.17, 15) is 0 Å². The SMILES string of the molecule is Cc1ccc2c(c1)Oc1c(c3ccccc3c3ccccc13)O2. The van der Waals surface area contributed by atoms with E-state index in [4.69, 9.17) is 9.47 Å². The highest BCUT2D eigenvalue weighted by Gasteiger charge is 2.24. The predicted octanol–water partition coefficient (Wildman–Crippen LogP) is 6.20. The van der Waals surface area contributed by atoms with Crippen LogP contribution in [0.3, 0.4) is 0 Å². The fourth-order valence-electron chi connectivity index (χ4n) is 3.28. The van der Waals surface area contributed by atoms with Crippen molar-refractivity contribution >= 4 is 21.5 Å². The van der Waals surface area contributed by atoms with Crippen LogP contribution in [0, 0.1) is 6.92 Å². The van der Waals surface area contributed by atoms with Crippen LogP contribution in [0.1, 0.15) is 5.56 Å². The third-order valence-corrected chi connectivity index (χ3v) is 4.36. The number of rotatable bonds is 0. The van der Waals surface area contributed by atoms with Crippen molar-refractivity contribution in [1.29, 1.82) is 0 Å². The molecule has 5 rings (SSSR count). The molecule has 0 saturated heterocycles. The normalized spacial score (nSPS) is 12.4. The van der Waals surface area contributed by atoms with Crippen LogP contribution in [0.15, 0.2) is 66.7 Å². The zero-order chi connectivity index (χ0) is 15.4. The maximum Gasteiger partial charge on any atom is 0.178 e. The lowest BCUT2D eigenvalue weighted by Gasteiger charge is -2.24. The minimum atomic E-state index is 0.767. The van der Waals surface area contributed by atoms with E-state index in [1.807, 2.05) is 30.3 Å². The van der Waals surface area contributed by atoms with Crippen LogP contribution in [0.2, 0.25) is 0 Å². The molecule has 1 aliphatic heterocycles. The molecule has 2 heteroatoms. The third kappa shape index (κ3) is 1.75. The Labute approximate surface area is 133 Å². The molecule has 0 saturated carbocycles. The van der Waals surface area contributed by atoms with Gasteiger partial charge in [0.2, 0.25) is 0 Å². The van der Waals surface area contributed by atoms with Crippen molar-refractivity contribution < 1.29 is 9.47 Å². The molecule has 2 nitrogen and oxygen atoms in total. The van der Waals surface area contributed by atoms with Gasteiger partial charge in [0.15, 0.2) is 23.0 Å². The molecular weight excluding hydrogens is 284 g/mol. The van der Waals surface area contributed by atoms with Crippen molar-refractivity contribution in [2.75, 3.05) is 0 Å². The van der Waals surface area contributed by atoms with E-state index >= 15 is 0 Å². The van der Waals surface area contributed by atoms with E-state index < -0.39 is 0 Å². The monoisotopic (exact) mass is 298 g/mol. The Hall–Kier alpha value is -3.00. The van der Waals surface area contributed by atoms with Crippen LogP contribution in [0.25, 0.3) is 21.5 Å². The van der Waals surface area contributed by atoms with Crippen LogP contribution in [-0.4, -0.2) is 0 Å². The highest BCUT2D eigenvalue weighted by atomic mass is 16.6. The molecule has 0 aromatic heterocycles. The van der Waals surface area contributed by atoms with E-state index in [0.29, 0.717) is 0 Å². The first-order valence-electron chi connectivity index (χ1n) is 7.71. The van der Waals surface area contributed by atoms with Gasteiger partial charge in [0.25, 0.3) is 0 Å². The summed E-state index contributed by atoms with van der Waals surface area (Å²) < 4.78 is 12.5. The van der Waals surface area contributed by atoms with Crippen molar-refractivity contribution in [3.05, 3.63) is 72.3 Å². The number of benzene rings is 4. The molecule has 0 N–H and O–H groups in total. The topological polar surface area (TPSA) is 18.5 Å². The molecule has 0 spiro atoms. The van der Waals surface area contributed by atoms with Crippen molar-refractivity contribution in [2.45, 2.75) is 6.92 Å².